The Labute approximate surface area is 208 Å². The number of aromatic carboxylic acids is 1. The number of carboxylic acid groups (broad SMARTS) is 1. The third-order valence-corrected chi connectivity index (χ3v) is 6.74. The Hall–Kier alpha value is -4.11. The molecule has 4 aromatic heterocycles. The molecule has 1 fully saturated rings. The zero-order chi connectivity index (χ0) is 24.5. The fourth-order valence-electron chi connectivity index (χ4n) is 4.91. The molecular formula is C27H26N6O3. The van der Waals surface area contributed by atoms with Gasteiger partial charge in [-0.3, -0.25) is 4.98 Å². The number of hydrogen-bond acceptors (Lipinski definition) is 7. The van der Waals surface area contributed by atoms with Crippen molar-refractivity contribution in [1.29, 1.82) is 0 Å². The van der Waals surface area contributed by atoms with Gasteiger partial charge in [0.1, 0.15) is 11.4 Å². The molecule has 9 heteroatoms. The number of hydrogen-bond donors (Lipinski definition) is 1. The smallest absolute Gasteiger partial charge is 0.354 e. The van der Waals surface area contributed by atoms with E-state index in [2.05, 4.69) is 27.1 Å². The van der Waals surface area contributed by atoms with Gasteiger partial charge in [0.05, 0.1) is 36.5 Å². The molecule has 0 spiro atoms. The van der Waals surface area contributed by atoms with Crippen molar-refractivity contribution >= 4 is 29.5 Å². The van der Waals surface area contributed by atoms with Gasteiger partial charge in [0, 0.05) is 30.5 Å². The number of aromatic nitrogens is 5. The normalized spacial score (nSPS) is 15.9. The zero-order valence-electron chi connectivity index (χ0n) is 19.8. The highest BCUT2D eigenvalue weighted by molar-refractivity contribution is 5.87. The summed E-state index contributed by atoms with van der Waals surface area (Å²) in [6, 6.07) is 9.45. The minimum atomic E-state index is -1.06. The van der Waals surface area contributed by atoms with E-state index in [0.717, 1.165) is 54.2 Å². The molecular weight excluding hydrogens is 456 g/mol. The first-order valence-electron chi connectivity index (χ1n) is 12.2. The first-order valence-corrected chi connectivity index (χ1v) is 12.2. The van der Waals surface area contributed by atoms with Crippen LogP contribution in [0.1, 0.15) is 46.0 Å². The van der Waals surface area contributed by atoms with Crippen LogP contribution in [0.25, 0.3) is 29.1 Å². The Bertz CT molecular complexity index is 1450. The Morgan fingerprint density at radius 1 is 1.00 bits per heavy atom. The molecule has 1 aliphatic heterocycles. The molecule has 0 amide bonds. The molecule has 5 heterocycles. The number of morpholine rings is 1. The van der Waals surface area contributed by atoms with E-state index >= 15 is 0 Å². The van der Waals surface area contributed by atoms with Crippen LogP contribution < -0.4 is 4.90 Å². The van der Waals surface area contributed by atoms with E-state index in [1.54, 1.807) is 18.5 Å². The molecule has 1 aliphatic carbocycles. The van der Waals surface area contributed by atoms with Gasteiger partial charge in [-0.15, -0.1) is 0 Å². The number of fused-ring (bicyclic) bond motifs is 2. The number of anilines is 1. The van der Waals surface area contributed by atoms with Crippen LogP contribution in [0.4, 0.5) is 5.69 Å². The number of aryl methyl sites for hydroxylation is 2. The van der Waals surface area contributed by atoms with E-state index in [1.165, 1.54) is 30.2 Å². The van der Waals surface area contributed by atoms with E-state index in [4.69, 9.17) is 14.7 Å². The zero-order valence-corrected chi connectivity index (χ0v) is 19.8. The van der Waals surface area contributed by atoms with Gasteiger partial charge < -0.3 is 14.7 Å². The average Bonchev–Trinajstić information content (AvgIpc) is 3.31. The number of carbonyl (C=O) groups is 1. The van der Waals surface area contributed by atoms with E-state index in [0.29, 0.717) is 18.9 Å². The molecule has 0 radical (unpaired) electrons. The van der Waals surface area contributed by atoms with Crippen LogP contribution in [0.3, 0.4) is 0 Å². The van der Waals surface area contributed by atoms with E-state index < -0.39 is 5.97 Å². The van der Waals surface area contributed by atoms with Gasteiger partial charge in [-0.2, -0.15) is 5.10 Å². The van der Waals surface area contributed by atoms with E-state index in [-0.39, 0.29) is 5.69 Å². The molecule has 1 N–H and O–H groups in total. The summed E-state index contributed by atoms with van der Waals surface area (Å²) in [5.41, 5.74) is 7.32. The van der Waals surface area contributed by atoms with Crippen LogP contribution in [0, 0.1) is 0 Å². The monoisotopic (exact) mass is 482 g/mol. The Balaban J connectivity index is 1.46. The number of rotatable bonds is 5. The maximum Gasteiger partial charge on any atom is 0.354 e. The van der Waals surface area contributed by atoms with Crippen LogP contribution in [-0.4, -0.2) is 61.9 Å². The molecule has 0 atom stereocenters. The third-order valence-electron chi connectivity index (χ3n) is 6.74. The highest BCUT2D eigenvalue weighted by Gasteiger charge is 2.21. The largest absolute Gasteiger partial charge is 0.477 e. The van der Waals surface area contributed by atoms with E-state index in [1.807, 2.05) is 22.7 Å². The van der Waals surface area contributed by atoms with Crippen LogP contribution in [0.5, 0.6) is 0 Å². The lowest BCUT2D eigenvalue weighted by Gasteiger charge is -2.28. The number of ether oxygens (including phenoxy) is 1. The van der Waals surface area contributed by atoms with Crippen LogP contribution >= 0.6 is 0 Å². The first kappa shape index (κ1) is 22.4. The molecule has 1 saturated heterocycles. The van der Waals surface area contributed by atoms with Crippen molar-refractivity contribution < 1.29 is 14.6 Å². The van der Waals surface area contributed by atoms with Crippen molar-refractivity contribution in [2.75, 3.05) is 31.2 Å². The van der Waals surface area contributed by atoms with Gasteiger partial charge in [-0.05, 0) is 67.7 Å². The lowest BCUT2D eigenvalue weighted by atomic mass is 9.96. The Morgan fingerprint density at radius 2 is 1.86 bits per heavy atom. The molecule has 182 valence electrons. The Morgan fingerprint density at radius 3 is 2.67 bits per heavy atom. The highest BCUT2D eigenvalue weighted by atomic mass is 16.5. The molecule has 0 aromatic carbocycles. The second-order valence-corrected chi connectivity index (χ2v) is 9.02. The molecule has 0 bridgehead atoms. The number of nitrogens with zero attached hydrogens (tertiary/aromatic N) is 6. The molecule has 4 aromatic rings. The number of carboxylic acids is 1. The van der Waals surface area contributed by atoms with Crippen molar-refractivity contribution in [1.82, 2.24) is 24.6 Å². The van der Waals surface area contributed by atoms with Gasteiger partial charge in [0.2, 0.25) is 0 Å². The van der Waals surface area contributed by atoms with Gasteiger partial charge in [0.15, 0.2) is 5.65 Å². The van der Waals surface area contributed by atoms with Gasteiger partial charge >= 0.3 is 5.97 Å². The molecule has 0 saturated carbocycles. The number of pyridine rings is 2. The molecule has 6 rings (SSSR count). The fourth-order valence-corrected chi connectivity index (χ4v) is 4.91. The van der Waals surface area contributed by atoms with Crippen molar-refractivity contribution in [3.63, 3.8) is 0 Å². The topological polar surface area (TPSA) is 106 Å². The van der Waals surface area contributed by atoms with Crippen molar-refractivity contribution in [2.45, 2.75) is 25.7 Å². The van der Waals surface area contributed by atoms with Crippen molar-refractivity contribution in [3.05, 3.63) is 71.1 Å². The summed E-state index contributed by atoms with van der Waals surface area (Å²) in [4.78, 5) is 27.6. The van der Waals surface area contributed by atoms with Gasteiger partial charge in [-0.25, -0.2) is 19.3 Å². The van der Waals surface area contributed by atoms with Gasteiger partial charge in [-0.1, -0.05) is 6.07 Å². The predicted molar refractivity (Wildman–Crippen MR) is 136 cm³/mol. The predicted octanol–water partition coefficient (Wildman–Crippen LogP) is 3.77. The second kappa shape index (κ2) is 9.50. The van der Waals surface area contributed by atoms with Crippen LogP contribution in [0.2, 0.25) is 0 Å². The third kappa shape index (κ3) is 4.22. The highest BCUT2D eigenvalue weighted by Crippen LogP contribution is 2.30. The van der Waals surface area contributed by atoms with E-state index in [9.17, 15) is 9.90 Å². The Kier molecular flexibility index (Phi) is 5.90. The summed E-state index contributed by atoms with van der Waals surface area (Å²) in [6.45, 7) is 2.89. The average molecular weight is 483 g/mol. The quantitative estimate of drug-likeness (QED) is 0.458. The summed E-state index contributed by atoms with van der Waals surface area (Å²) < 4.78 is 7.34. The summed E-state index contributed by atoms with van der Waals surface area (Å²) in [6.07, 6.45) is 11.8. The minimum absolute atomic E-state index is 0.00936. The summed E-state index contributed by atoms with van der Waals surface area (Å²) in [5, 5.41) is 13.9. The molecule has 36 heavy (non-hydrogen) atoms. The SMILES string of the molecule is O=C(O)c1ccc(-c2c(C=Cc3ccc4c(n3)CCCC4)nc3c(N4CCOCC4)ccnn23)cn1. The van der Waals surface area contributed by atoms with Crippen LogP contribution in [0.15, 0.2) is 42.7 Å². The fraction of sp³-hybridized carbons (Fsp3) is 0.296. The number of imidazole rings is 1. The minimum Gasteiger partial charge on any atom is -0.477 e. The maximum absolute atomic E-state index is 11.3. The first-order chi connectivity index (χ1) is 17.7. The lowest BCUT2D eigenvalue weighted by molar-refractivity contribution is 0.0690. The summed E-state index contributed by atoms with van der Waals surface area (Å²) in [7, 11) is 0. The second-order valence-electron chi connectivity index (χ2n) is 9.02. The molecule has 2 aliphatic rings. The summed E-state index contributed by atoms with van der Waals surface area (Å²) in [5.74, 6) is -1.06. The standard InChI is InChI=1S/C27H26N6O3/c34-27(35)23-9-6-19(17-28-23)25-22(10-8-20-7-5-18-3-1-2-4-21(18)30-20)31-26-24(11-12-29-33(25)26)32-13-15-36-16-14-32/h5-12,17H,1-4,13-16H2,(H,34,35). The van der Waals surface area contributed by atoms with Gasteiger partial charge in [0.25, 0.3) is 0 Å². The molecule has 9 nitrogen and oxygen atoms in total. The lowest BCUT2D eigenvalue weighted by Crippen LogP contribution is -2.36. The van der Waals surface area contributed by atoms with Crippen molar-refractivity contribution in [2.24, 2.45) is 0 Å². The maximum atomic E-state index is 11.3. The van der Waals surface area contributed by atoms with Crippen LogP contribution in [-0.2, 0) is 17.6 Å². The summed E-state index contributed by atoms with van der Waals surface area (Å²) >= 11 is 0. The van der Waals surface area contributed by atoms with Crippen molar-refractivity contribution in [3.8, 4) is 11.3 Å². The molecule has 0 unspecified atom stereocenters.